The summed E-state index contributed by atoms with van der Waals surface area (Å²) >= 11 is 0. The van der Waals surface area contributed by atoms with Crippen LogP contribution in [-0.2, 0) is 47.6 Å². The van der Waals surface area contributed by atoms with Gasteiger partial charge in [-0.05, 0) is 26.7 Å². The lowest BCUT2D eigenvalue weighted by Crippen LogP contribution is -3.00. The Morgan fingerprint density at radius 2 is 1.23 bits per heavy atom. The van der Waals surface area contributed by atoms with Crippen molar-refractivity contribution >= 4 is 40.8 Å². The minimum Gasteiger partial charge on any atom is -1.00 e. The summed E-state index contributed by atoms with van der Waals surface area (Å²) in [5.74, 6) is -3.20. The van der Waals surface area contributed by atoms with Gasteiger partial charge in [0, 0.05) is 38.6 Å². The first-order valence-corrected chi connectivity index (χ1v) is 14.9. The van der Waals surface area contributed by atoms with E-state index < -0.39 is 17.5 Å². The summed E-state index contributed by atoms with van der Waals surface area (Å²) in [6.45, 7) is 10.7. The summed E-state index contributed by atoms with van der Waals surface area (Å²) in [5.41, 5.74) is 0. The first-order chi connectivity index (χ1) is 19.6. The third-order valence-corrected chi connectivity index (χ3v) is 6.48. The van der Waals surface area contributed by atoms with E-state index >= 15 is 0 Å². The molecule has 2 fully saturated rings. The second-order valence-corrected chi connectivity index (χ2v) is 10.4. The van der Waals surface area contributed by atoms with Gasteiger partial charge in [-0.3, -0.25) is 19.2 Å². The van der Waals surface area contributed by atoms with Crippen molar-refractivity contribution in [2.45, 2.75) is 122 Å². The lowest BCUT2D eigenvalue weighted by Gasteiger charge is -2.26. The number of esters is 2. The van der Waals surface area contributed by atoms with Crippen LogP contribution in [-0.4, -0.2) is 86.2 Å². The summed E-state index contributed by atoms with van der Waals surface area (Å²) in [7, 11) is 0. The topological polar surface area (TPSA) is 156 Å². The molecule has 2 rings (SSSR count). The Kier molecular flexibility index (Phi) is 25.4. The number of unbranched alkanes of at least 4 members (excludes halogenated alkanes) is 2. The highest BCUT2D eigenvalue weighted by Crippen LogP contribution is 2.31. The quantitative estimate of drug-likeness (QED) is 0.146. The summed E-state index contributed by atoms with van der Waals surface area (Å²) in [5, 5.41) is 11.5. The zero-order valence-corrected chi connectivity index (χ0v) is 29.4. The Labute approximate surface area is 277 Å². The van der Waals surface area contributed by atoms with Gasteiger partial charge in [0.1, 0.15) is 0 Å². The van der Waals surface area contributed by atoms with E-state index in [1.54, 1.807) is 0 Å². The van der Waals surface area contributed by atoms with Gasteiger partial charge in [0.15, 0.2) is 11.6 Å². The van der Waals surface area contributed by atoms with Crippen LogP contribution in [0.3, 0.4) is 0 Å². The number of halogens is 2. The molecule has 0 radical (unpaired) electrons. The molecule has 43 heavy (non-hydrogen) atoms. The van der Waals surface area contributed by atoms with Gasteiger partial charge in [-0.25, -0.2) is 0 Å². The fourth-order valence-electron chi connectivity index (χ4n) is 4.23. The number of carboxylic acids is 1. The molecule has 0 saturated carbocycles. The van der Waals surface area contributed by atoms with Gasteiger partial charge < -0.3 is 55.8 Å². The molecular weight excluding hydrogens is 698 g/mol. The summed E-state index contributed by atoms with van der Waals surface area (Å²) in [6, 6.07) is 0. The van der Waals surface area contributed by atoms with Crippen molar-refractivity contribution in [3.8, 4) is 0 Å². The van der Waals surface area contributed by atoms with E-state index in [0.29, 0.717) is 65.3 Å². The van der Waals surface area contributed by atoms with E-state index in [-0.39, 0.29) is 83.6 Å². The lowest BCUT2D eigenvalue weighted by molar-refractivity contribution is -0.179. The number of nitrogens with one attached hydrogen (secondary N) is 1. The molecule has 0 aromatic rings. The van der Waals surface area contributed by atoms with Crippen molar-refractivity contribution in [3.05, 3.63) is 0 Å². The van der Waals surface area contributed by atoms with E-state index in [9.17, 15) is 19.2 Å². The second-order valence-electron chi connectivity index (χ2n) is 10.4. The number of carbonyl (C=O) groups is 4. The van der Waals surface area contributed by atoms with Crippen LogP contribution in [0.5, 0.6) is 0 Å². The predicted molar refractivity (Wildman–Crippen MR) is 159 cm³/mol. The number of rotatable bonds is 19. The Hall–Kier alpha value is -1.32. The fraction of sp³-hybridized carbons (Fsp3) is 0.862. The number of carboxylic acid groups (broad SMARTS) is 1. The standard InChI is InChI=1S/C16H28O6.C13H23NO5.2BrH/c1-4-5-10-19-14(17)6-8-16(20-11-12-21-16)9-7-15(18)22-13(2)3;1-2-3-8-14-11(15)4-6-13(7-5-12(16)17)18-9-10-19-13;;/h13H,4-12H2,1-3H3;2-10H2,1H3,(H,14,15)(H,16,17);2*1H/p-1. The van der Waals surface area contributed by atoms with Gasteiger partial charge >= 0.3 is 17.9 Å². The molecule has 1 amide bonds. The third kappa shape index (κ3) is 20.4. The number of aliphatic carboxylic acids is 1. The molecule has 0 bridgehead atoms. The molecule has 254 valence electrons. The van der Waals surface area contributed by atoms with Crippen LogP contribution in [0.15, 0.2) is 0 Å². The minimum atomic E-state index is -0.888. The van der Waals surface area contributed by atoms with E-state index in [1.165, 1.54) is 0 Å². The van der Waals surface area contributed by atoms with Crippen LogP contribution >= 0.6 is 17.0 Å². The second kappa shape index (κ2) is 24.9. The van der Waals surface area contributed by atoms with E-state index in [0.717, 1.165) is 25.7 Å². The molecule has 2 N–H and O–H groups in total. The highest BCUT2D eigenvalue weighted by atomic mass is 79.9. The van der Waals surface area contributed by atoms with E-state index in [4.69, 9.17) is 33.5 Å². The molecule has 12 nitrogen and oxygen atoms in total. The van der Waals surface area contributed by atoms with Gasteiger partial charge in [0.05, 0.1) is 58.4 Å². The molecule has 2 aliphatic rings. The maximum absolute atomic E-state index is 11.7. The van der Waals surface area contributed by atoms with Crippen molar-refractivity contribution < 1.29 is 69.7 Å². The fourth-order valence-corrected chi connectivity index (χ4v) is 4.23. The molecule has 14 heteroatoms. The Morgan fingerprint density at radius 3 is 1.70 bits per heavy atom. The van der Waals surface area contributed by atoms with E-state index in [1.807, 2.05) is 20.8 Å². The van der Waals surface area contributed by atoms with E-state index in [2.05, 4.69) is 12.2 Å². The Morgan fingerprint density at radius 1 is 0.767 bits per heavy atom. The smallest absolute Gasteiger partial charge is 0.306 e. The molecule has 0 aromatic carbocycles. The highest BCUT2D eigenvalue weighted by molar-refractivity contribution is 8.93. The Balaban J connectivity index is 0. The van der Waals surface area contributed by atoms with Gasteiger partial charge in [-0.2, -0.15) is 0 Å². The van der Waals surface area contributed by atoms with Crippen LogP contribution in [0.4, 0.5) is 0 Å². The summed E-state index contributed by atoms with van der Waals surface area (Å²) < 4.78 is 32.5. The van der Waals surface area contributed by atoms with Crippen LogP contribution in [0.2, 0.25) is 0 Å². The maximum Gasteiger partial charge on any atom is 0.306 e. The Bertz CT molecular complexity index is 786. The lowest BCUT2D eigenvalue weighted by atomic mass is 10.0. The first-order valence-electron chi connectivity index (χ1n) is 14.9. The zero-order chi connectivity index (χ0) is 30.6. The van der Waals surface area contributed by atoms with Crippen molar-refractivity contribution in [2.24, 2.45) is 0 Å². The SMILES string of the molecule is Br.CCCCNC(=O)CCC1(CCC(=O)O)OCCO1.CCCCOC(=O)CCC1(CCC(=O)OC(C)C)OCCO1.[Br-]. The monoisotopic (exact) mass is 748 g/mol. The minimum absolute atomic E-state index is 0. The number of hydrogen-bond donors (Lipinski definition) is 2. The zero-order valence-electron chi connectivity index (χ0n) is 26.1. The van der Waals surface area contributed by atoms with Crippen molar-refractivity contribution in [1.29, 1.82) is 0 Å². The average Bonchev–Trinajstić information content (AvgIpc) is 3.60. The molecule has 0 spiro atoms. The molecule has 2 saturated heterocycles. The van der Waals surface area contributed by atoms with Crippen LogP contribution in [0.25, 0.3) is 0 Å². The molecule has 0 aromatic heterocycles. The molecule has 2 aliphatic heterocycles. The number of ether oxygens (including phenoxy) is 6. The number of carbonyl (C=O) groups excluding carboxylic acids is 3. The first kappa shape index (κ1) is 43.8. The van der Waals surface area contributed by atoms with Crippen molar-refractivity contribution in [2.75, 3.05) is 39.6 Å². The van der Waals surface area contributed by atoms with Gasteiger partial charge in [-0.15, -0.1) is 17.0 Å². The van der Waals surface area contributed by atoms with Gasteiger partial charge in [-0.1, -0.05) is 26.7 Å². The normalized spacial score (nSPS) is 16.2. The molecule has 0 aliphatic carbocycles. The molecule has 0 atom stereocenters. The van der Waals surface area contributed by atoms with Gasteiger partial charge in [0.25, 0.3) is 0 Å². The van der Waals surface area contributed by atoms with Crippen LogP contribution in [0.1, 0.15) is 105 Å². The third-order valence-electron chi connectivity index (χ3n) is 6.48. The largest absolute Gasteiger partial charge is 1.00 e. The average molecular weight is 751 g/mol. The highest BCUT2D eigenvalue weighted by Gasteiger charge is 2.38. The van der Waals surface area contributed by atoms with Crippen LogP contribution in [0, 0.1) is 0 Å². The van der Waals surface area contributed by atoms with Crippen LogP contribution < -0.4 is 22.3 Å². The maximum atomic E-state index is 11.7. The summed E-state index contributed by atoms with van der Waals surface area (Å²) in [6.07, 6.45) is 5.90. The molecular formula is C29H52Br2NO11-. The van der Waals surface area contributed by atoms with Crippen molar-refractivity contribution in [3.63, 3.8) is 0 Å². The number of hydrogen-bond acceptors (Lipinski definition) is 10. The van der Waals surface area contributed by atoms with Crippen molar-refractivity contribution in [1.82, 2.24) is 5.32 Å². The molecule has 2 heterocycles. The summed E-state index contributed by atoms with van der Waals surface area (Å²) in [4.78, 5) is 45.6. The number of amides is 1. The molecule has 0 unspecified atom stereocenters. The predicted octanol–water partition coefficient (Wildman–Crippen LogP) is 1.46. The van der Waals surface area contributed by atoms with Gasteiger partial charge in [0.2, 0.25) is 5.91 Å².